The molecule has 2 unspecified atom stereocenters. The number of nitrogens with zero attached hydrogens (tertiary/aromatic N) is 4. The van der Waals surface area contributed by atoms with E-state index in [0.29, 0.717) is 17.5 Å². The fraction of sp³-hybridized carbons (Fsp3) is 0.615. The first kappa shape index (κ1) is 12.6. The van der Waals surface area contributed by atoms with Gasteiger partial charge in [0.05, 0.1) is 11.1 Å². The van der Waals surface area contributed by atoms with Gasteiger partial charge in [-0.15, -0.1) is 0 Å². The molecular formula is C13H18N4OS. The second-order valence-electron chi connectivity index (χ2n) is 5.41. The third-order valence-corrected chi connectivity index (χ3v) is 4.88. The molecule has 1 aliphatic heterocycles. The summed E-state index contributed by atoms with van der Waals surface area (Å²) in [6, 6.07) is 0.860. The zero-order chi connectivity index (χ0) is 13.7. The van der Waals surface area contributed by atoms with Gasteiger partial charge in [0.2, 0.25) is 5.95 Å². The van der Waals surface area contributed by atoms with Gasteiger partial charge in [0.25, 0.3) is 5.56 Å². The summed E-state index contributed by atoms with van der Waals surface area (Å²) in [6.07, 6.45) is 2.30. The molecule has 2 atom stereocenters. The van der Waals surface area contributed by atoms with E-state index >= 15 is 0 Å². The van der Waals surface area contributed by atoms with Crippen molar-refractivity contribution in [2.75, 3.05) is 4.90 Å². The summed E-state index contributed by atoms with van der Waals surface area (Å²) in [5, 5.41) is 0.663. The average Bonchev–Trinajstić information content (AvgIpc) is 2.89. The monoisotopic (exact) mass is 278 g/mol. The lowest BCUT2D eigenvalue weighted by Gasteiger charge is -2.28. The van der Waals surface area contributed by atoms with Crippen LogP contribution >= 0.6 is 11.5 Å². The Morgan fingerprint density at radius 3 is 2.53 bits per heavy atom. The smallest absolute Gasteiger partial charge is 0.265 e. The number of aryl methyl sites for hydroxylation is 1. The van der Waals surface area contributed by atoms with Crippen LogP contribution < -0.4 is 10.5 Å². The molecule has 1 aliphatic rings. The maximum Gasteiger partial charge on any atom is 0.265 e. The molecule has 3 rings (SSSR count). The Hall–Kier alpha value is -1.43. The van der Waals surface area contributed by atoms with E-state index in [-0.39, 0.29) is 5.56 Å². The summed E-state index contributed by atoms with van der Waals surface area (Å²) < 4.78 is 5.92. The predicted molar refractivity (Wildman–Crippen MR) is 78.0 cm³/mol. The Balaban J connectivity index is 2.25. The zero-order valence-electron chi connectivity index (χ0n) is 11.7. The van der Waals surface area contributed by atoms with Crippen molar-refractivity contribution in [3.8, 4) is 0 Å². The van der Waals surface area contributed by atoms with Gasteiger partial charge in [-0.2, -0.15) is 4.37 Å². The maximum absolute atomic E-state index is 12.5. The number of anilines is 1. The molecule has 0 spiro atoms. The van der Waals surface area contributed by atoms with Crippen LogP contribution in [0.5, 0.6) is 0 Å². The molecule has 0 radical (unpaired) electrons. The Morgan fingerprint density at radius 2 is 1.89 bits per heavy atom. The summed E-state index contributed by atoms with van der Waals surface area (Å²) >= 11 is 1.31. The van der Waals surface area contributed by atoms with Crippen molar-refractivity contribution in [3.05, 3.63) is 16.0 Å². The van der Waals surface area contributed by atoms with Crippen LogP contribution in [0.1, 0.15) is 32.4 Å². The van der Waals surface area contributed by atoms with E-state index in [2.05, 4.69) is 28.1 Å². The minimum Gasteiger partial charge on any atom is -0.337 e. The van der Waals surface area contributed by atoms with Crippen LogP contribution in [0, 0.1) is 6.92 Å². The third kappa shape index (κ3) is 1.77. The largest absolute Gasteiger partial charge is 0.337 e. The van der Waals surface area contributed by atoms with Gasteiger partial charge < -0.3 is 4.90 Å². The second kappa shape index (κ2) is 4.30. The zero-order valence-corrected chi connectivity index (χ0v) is 12.5. The van der Waals surface area contributed by atoms with Crippen molar-refractivity contribution in [2.24, 2.45) is 7.05 Å². The van der Waals surface area contributed by atoms with Crippen molar-refractivity contribution in [1.82, 2.24) is 13.9 Å². The molecule has 102 valence electrons. The predicted octanol–water partition coefficient (Wildman–Crippen LogP) is 2.08. The van der Waals surface area contributed by atoms with Crippen LogP contribution in [0.15, 0.2) is 4.79 Å². The van der Waals surface area contributed by atoms with Crippen LogP contribution in [0.3, 0.4) is 0 Å². The molecule has 5 nitrogen and oxygen atoms in total. The van der Waals surface area contributed by atoms with E-state index in [1.54, 1.807) is 11.6 Å². The molecule has 0 aliphatic carbocycles. The molecule has 3 heterocycles. The van der Waals surface area contributed by atoms with Gasteiger partial charge in [-0.3, -0.25) is 9.36 Å². The average molecular weight is 278 g/mol. The number of aromatic nitrogens is 3. The molecule has 0 saturated carbocycles. The summed E-state index contributed by atoms with van der Waals surface area (Å²) in [7, 11) is 1.80. The molecule has 2 aromatic rings. The highest BCUT2D eigenvalue weighted by Gasteiger charge is 2.30. The third-order valence-electron chi connectivity index (χ3n) is 4.05. The van der Waals surface area contributed by atoms with E-state index in [9.17, 15) is 4.79 Å². The minimum atomic E-state index is 0.0116. The minimum absolute atomic E-state index is 0.0116. The topological polar surface area (TPSA) is 51.0 Å². The number of hydrogen-bond acceptors (Lipinski definition) is 5. The van der Waals surface area contributed by atoms with E-state index in [0.717, 1.165) is 29.3 Å². The molecule has 2 aromatic heterocycles. The van der Waals surface area contributed by atoms with E-state index in [4.69, 9.17) is 0 Å². The lowest BCUT2D eigenvalue weighted by molar-refractivity contribution is 0.641. The fourth-order valence-corrected chi connectivity index (χ4v) is 3.69. The normalized spacial score (nSPS) is 23.5. The van der Waals surface area contributed by atoms with E-state index < -0.39 is 0 Å². The van der Waals surface area contributed by atoms with Crippen LogP contribution in [0.25, 0.3) is 10.2 Å². The number of rotatable bonds is 1. The van der Waals surface area contributed by atoms with Crippen LogP contribution in [0.2, 0.25) is 0 Å². The van der Waals surface area contributed by atoms with Gasteiger partial charge in [-0.25, -0.2) is 4.98 Å². The Labute approximate surface area is 116 Å². The highest BCUT2D eigenvalue weighted by molar-refractivity contribution is 7.12. The molecule has 19 heavy (non-hydrogen) atoms. The first-order valence-corrected chi connectivity index (χ1v) is 7.39. The Morgan fingerprint density at radius 1 is 1.26 bits per heavy atom. The SMILES string of the molecule is Cc1nsc2nc(N3C(C)CCC3C)n(C)c(=O)c12. The quantitative estimate of drug-likeness (QED) is 0.801. The van der Waals surface area contributed by atoms with Crippen LogP contribution in [-0.2, 0) is 7.05 Å². The molecule has 6 heteroatoms. The summed E-state index contributed by atoms with van der Waals surface area (Å²) in [5.41, 5.74) is 0.791. The Kier molecular flexibility index (Phi) is 2.85. The maximum atomic E-state index is 12.5. The molecule has 0 aromatic carbocycles. The van der Waals surface area contributed by atoms with Crippen molar-refractivity contribution >= 4 is 27.7 Å². The van der Waals surface area contributed by atoms with Crippen molar-refractivity contribution < 1.29 is 0 Å². The fourth-order valence-electron chi connectivity index (χ4n) is 2.92. The van der Waals surface area contributed by atoms with Gasteiger partial charge in [0.15, 0.2) is 4.83 Å². The van der Waals surface area contributed by atoms with Gasteiger partial charge in [-0.05, 0) is 45.1 Å². The van der Waals surface area contributed by atoms with Gasteiger partial charge >= 0.3 is 0 Å². The highest BCUT2D eigenvalue weighted by atomic mass is 32.1. The summed E-state index contributed by atoms with van der Waals surface area (Å²) in [6.45, 7) is 6.25. The standard InChI is InChI=1S/C13H18N4OS/c1-7-5-6-8(2)17(7)13-14-11-10(9(3)15-19-11)12(18)16(13)4/h7-8H,5-6H2,1-4H3. The molecule has 0 bridgehead atoms. The number of fused-ring (bicyclic) bond motifs is 1. The summed E-state index contributed by atoms with van der Waals surface area (Å²) in [4.78, 5) is 20.2. The first-order valence-electron chi connectivity index (χ1n) is 6.62. The number of hydrogen-bond donors (Lipinski definition) is 0. The van der Waals surface area contributed by atoms with Crippen LogP contribution in [-0.4, -0.2) is 26.0 Å². The molecule has 1 fully saturated rings. The second-order valence-corrected chi connectivity index (χ2v) is 6.16. The lowest BCUT2D eigenvalue weighted by atomic mass is 10.2. The Bertz CT molecular complexity index is 680. The first-order chi connectivity index (χ1) is 9.00. The van der Waals surface area contributed by atoms with Gasteiger partial charge in [0, 0.05) is 19.1 Å². The van der Waals surface area contributed by atoms with Crippen molar-refractivity contribution in [2.45, 2.75) is 45.7 Å². The molecule has 0 N–H and O–H groups in total. The summed E-state index contributed by atoms with van der Waals surface area (Å²) in [5.74, 6) is 0.777. The van der Waals surface area contributed by atoms with E-state index in [1.165, 1.54) is 11.5 Å². The molecular weight excluding hydrogens is 260 g/mol. The van der Waals surface area contributed by atoms with Crippen molar-refractivity contribution in [1.29, 1.82) is 0 Å². The molecule has 1 saturated heterocycles. The van der Waals surface area contributed by atoms with Gasteiger partial charge in [-0.1, -0.05) is 0 Å². The lowest BCUT2D eigenvalue weighted by Crippen LogP contribution is -2.38. The highest BCUT2D eigenvalue weighted by Crippen LogP contribution is 2.29. The van der Waals surface area contributed by atoms with Crippen LogP contribution in [0.4, 0.5) is 5.95 Å². The molecule has 0 amide bonds. The van der Waals surface area contributed by atoms with Gasteiger partial charge in [0.1, 0.15) is 0 Å². The van der Waals surface area contributed by atoms with Crippen molar-refractivity contribution in [3.63, 3.8) is 0 Å². The van der Waals surface area contributed by atoms with E-state index in [1.807, 2.05) is 6.92 Å².